The first-order valence-electron chi connectivity index (χ1n) is 10.7. The third-order valence-corrected chi connectivity index (χ3v) is 6.76. The first-order chi connectivity index (χ1) is 14.3. The van der Waals surface area contributed by atoms with Crippen molar-refractivity contribution in [3.63, 3.8) is 0 Å². The minimum Gasteiger partial charge on any atom is -0.454 e. The Bertz CT molecular complexity index is 867. The summed E-state index contributed by atoms with van der Waals surface area (Å²) >= 11 is 0. The van der Waals surface area contributed by atoms with E-state index in [1.54, 1.807) is 19.9 Å². The average Bonchev–Trinajstić information content (AvgIpc) is 3.36. The van der Waals surface area contributed by atoms with Gasteiger partial charge in [0.2, 0.25) is 11.8 Å². The molecule has 0 unspecified atom stereocenters. The van der Waals surface area contributed by atoms with Gasteiger partial charge in [0.15, 0.2) is 6.61 Å². The summed E-state index contributed by atoms with van der Waals surface area (Å²) in [5, 5.41) is 2.68. The molecule has 0 aromatic heterocycles. The highest BCUT2D eigenvalue weighted by molar-refractivity contribution is 6.08. The summed E-state index contributed by atoms with van der Waals surface area (Å²) in [6.07, 6.45) is 2.90. The predicted octanol–water partition coefficient (Wildman–Crippen LogP) is 2.53. The highest BCUT2D eigenvalue weighted by atomic mass is 16.5. The number of amides is 3. The Morgan fingerprint density at radius 1 is 1.13 bits per heavy atom. The summed E-state index contributed by atoms with van der Waals surface area (Å²) in [5.41, 5.74) is 1.61. The van der Waals surface area contributed by atoms with Gasteiger partial charge in [-0.15, -0.1) is 0 Å². The van der Waals surface area contributed by atoms with Crippen molar-refractivity contribution in [3.8, 4) is 0 Å². The van der Waals surface area contributed by atoms with E-state index in [1.807, 2.05) is 25.1 Å². The number of imide groups is 1. The molecular formula is C23H28N2O5. The van der Waals surface area contributed by atoms with Crippen LogP contribution >= 0.6 is 0 Å². The first-order valence-corrected chi connectivity index (χ1v) is 10.7. The average molecular weight is 412 g/mol. The Kier molecular flexibility index (Phi) is 5.38. The fourth-order valence-electron chi connectivity index (χ4n) is 5.52. The molecule has 4 rings (SSSR count). The van der Waals surface area contributed by atoms with Gasteiger partial charge in [-0.1, -0.05) is 26.0 Å². The van der Waals surface area contributed by atoms with Crippen molar-refractivity contribution >= 4 is 29.4 Å². The molecule has 2 bridgehead atoms. The largest absolute Gasteiger partial charge is 0.454 e. The van der Waals surface area contributed by atoms with Crippen molar-refractivity contribution in [1.82, 2.24) is 4.90 Å². The Balaban J connectivity index is 1.42. The molecule has 5 atom stereocenters. The van der Waals surface area contributed by atoms with E-state index in [1.165, 1.54) is 0 Å². The number of fused-ring (bicyclic) bond motifs is 5. The zero-order valence-corrected chi connectivity index (χ0v) is 17.6. The lowest BCUT2D eigenvalue weighted by atomic mass is 9.81. The number of rotatable bonds is 6. The molecule has 1 heterocycles. The standard InChI is InChI=1S/C23H28N2O5/c1-12(2)20(23(29)30-11-17(26)24-16-6-4-5-13(3)9-16)25-21(27)18-14-7-8-15(10-14)19(18)22(25)28/h4-6,9,12,14-15,18-20H,7-8,10-11H2,1-3H3,(H,24,26)/t14-,15-,18-,19-,20+/m0/s1. The number of carbonyl (C=O) groups excluding carboxylic acids is 4. The van der Waals surface area contributed by atoms with E-state index in [0.717, 1.165) is 29.7 Å². The number of aryl methyl sites for hydroxylation is 1. The lowest BCUT2D eigenvalue weighted by Crippen LogP contribution is -2.50. The van der Waals surface area contributed by atoms with E-state index in [-0.39, 0.29) is 41.4 Å². The molecule has 3 fully saturated rings. The first kappa shape index (κ1) is 20.6. The quantitative estimate of drug-likeness (QED) is 0.573. The molecule has 2 saturated carbocycles. The van der Waals surface area contributed by atoms with E-state index in [9.17, 15) is 19.2 Å². The molecule has 1 N–H and O–H groups in total. The summed E-state index contributed by atoms with van der Waals surface area (Å²) < 4.78 is 5.23. The number of benzene rings is 1. The van der Waals surface area contributed by atoms with Crippen LogP contribution in [0.5, 0.6) is 0 Å². The molecule has 0 radical (unpaired) electrons. The molecule has 3 aliphatic rings. The molecule has 1 aromatic rings. The molecule has 7 heteroatoms. The number of nitrogens with one attached hydrogen (secondary N) is 1. The van der Waals surface area contributed by atoms with Crippen molar-refractivity contribution in [2.24, 2.45) is 29.6 Å². The summed E-state index contributed by atoms with van der Waals surface area (Å²) in [6, 6.07) is 6.29. The van der Waals surface area contributed by atoms with Crippen LogP contribution in [0.3, 0.4) is 0 Å². The topological polar surface area (TPSA) is 92.8 Å². The van der Waals surface area contributed by atoms with Crippen molar-refractivity contribution in [3.05, 3.63) is 29.8 Å². The van der Waals surface area contributed by atoms with Crippen LogP contribution in [0, 0.1) is 36.5 Å². The number of likely N-dealkylation sites (tertiary alicyclic amines) is 1. The van der Waals surface area contributed by atoms with Gasteiger partial charge >= 0.3 is 5.97 Å². The molecule has 3 amide bonds. The number of carbonyl (C=O) groups is 4. The van der Waals surface area contributed by atoms with Gasteiger partial charge in [0.25, 0.3) is 5.91 Å². The summed E-state index contributed by atoms with van der Waals surface area (Å²) in [7, 11) is 0. The van der Waals surface area contributed by atoms with E-state index in [0.29, 0.717) is 5.69 Å². The van der Waals surface area contributed by atoms with Crippen molar-refractivity contribution in [2.75, 3.05) is 11.9 Å². The Morgan fingerprint density at radius 2 is 1.77 bits per heavy atom. The van der Waals surface area contributed by atoms with Crippen LogP contribution in [-0.4, -0.2) is 41.2 Å². The van der Waals surface area contributed by atoms with Crippen LogP contribution < -0.4 is 5.32 Å². The van der Waals surface area contributed by atoms with Crippen molar-refractivity contribution in [2.45, 2.75) is 46.1 Å². The van der Waals surface area contributed by atoms with E-state index in [2.05, 4.69) is 5.32 Å². The Labute approximate surface area is 176 Å². The van der Waals surface area contributed by atoms with E-state index >= 15 is 0 Å². The van der Waals surface area contributed by atoms with Gasteiger partial charge in [-0.05, 0) is 61.6 Å². The maximum atomic E-state index is 13.1. The molecule has 7 nitrogen and oxygen atoms in total. The van der Waals surface area contributed by atoms with Gasteiger partial charge in [0.1, 0.15) is 6.04 Å². The second kappa shape index (κ2) is 7.85. The summed E-state index contributed by atoms with van der Waals surface area (Å²) in [4.78, 5) is 52.3. The summed E-state index contributed by atoms with van der Waals surface area (Å²) in [5.74, 6) is -2.01. The zero-order chi connectivity index (χ0) is 21.6. The van der Waals surface area contributed by atoms with Crippen LogP contribution in [0.4, 0.5) is 5.69 Å². The third kappa shape index (κ3) is 3.50. The van der Waals surface area contributed by atoms with Gasteiger partial charge < -0.3 is 10.1 Å². The zero-order valence-electron chi connectivity index (χ0n) is 17.6. The second-order valence-corrected chi connectivity index (χ2v) is 9.15. The Hall–Kier alpha value is -2.70. The molecule has 0 spiro atoms. The molecule has 160 valence electrons. The number of ether oxygens (including phenoxy) is 1. The van der Waals surface area contributed by atoms with Gasteiger partial charge in [0.05, 0.1) is 11.8 Å². The fourth-order valence-corrected chi connectivity index (χ4v) is 5.52. The normalized spacial score (nSPS) is 28.1. The van der Waals surface area contributed by atoms with Crippen LogP contribution in [0.15, 0.2) is 24.3 Å². The maximum absolute atomic E-state index is 13.1. The van der Waals surface area contributed by atoms with Crippen molar-refractivity contribution < 1.29 is 23.9 Å². The SMILES string of the molecule is Cc1cccc(NC(=O)COC(=O)[C@@H](C(C)C)N2C(=O)[C@H]3[C@H]4CC[C@@H](C4)[C@@H]3C2=O)c1. The molecular weight excluding hydrogens is 384 g/mol. The molecule has 1 aliphatic heterocycles. The van der Waals surface area contributed by atoms with Crippen LogP contribution in [0.25, 0.3) is 0 Å². The lowest BCUT2D eigenvalue weighted by Gasteiger charge is -2.28. The summed E-state index contributed by atoms with van der Waals surface area (Å²) in [6.45, 7) is 5.00. The predicted molar refractivity (Wildman–Crippen MR) is 109 cm³/mol. The minimum absolute atomic E-state index is 0.239. The second-order valence-electron chi connectivity index (χ2n) is 9.15. The van der Waals surface area contributed by atoms with Crippen molar-refractivity contribution in [1.29, 1.82) is 0 Å². The number of hydrogen-bond donors (Lipinski definition) is 1. The van der Waals surface area contributed by atoms with Crippen LogP contribution in [-0.2, 0) is 23.9 Å². The number of anilines is 1. The Morgan fingerprint density at radius 3 is 2.33 bits per heavy atom. The fraction of sp³-hybridized carbons (Fsp3) is 0.565. The minimum atomic E-state index is -0.998. The third-order valence-electron chi connectivity index (χ3n) is 6.76. The van der Waals surface area contributed by atoms with Crippen LogP contribution in [0.1, 0.15) is 38.7 Å². The smallest absolute Gasteiger partial charge is 0.330 e. The van der Waals surface area contributed by atoms with Gasteiger partial charge in [-0.3, -0.25) is 19.3 Å². The number of hydrogen-bond acceptors (Lipinski definition) is 5. The number of nitrogens with zero attached hydrogens (tertiary/aromatic N) is 1. The highest BCUT2D eigenvalue weighted by Gasteiger charge is 2.62. The van der Waals surface area contributed by atoms with Gasteiger partial charge in [-0.2, -0.15) is 0 Å². The monoisotopic (exact) mass is 412 g/mol. The maximum Gasteiger partial charge on any atom is 0.330 e. The molecule has 1 saturated heterocycles. The lowest BCUT2D eigenvalue weighted by molar-refractivity contribution is -0.162. The van der Waals surface area contributed by atoms with E-state index in [4.69, 9.17) is 4.74 Å². The van der Waals surface area contributed by atoms with E-state index < -0.39 is 24.5 Å². The van der Waals surface area contributed by atoms with Gasteiger partial charge in [-0.25, -0.2) is 4.79 Å². The highest BCUT2D eigenvalue weighted by Crippen LogP contribution is 2.56. The molecule has 1 aromatic carbocycles. The molecule has 30 heavy (non-hydrogen) atoms. The van der Waals surface area contributed by atoms with Gasteiger partial charge in [0, 0.05) is 5.69 Å². The molecule has 2 aliphatic carbocycles. The number of esters is 1. The van der Waals surface area contributed by atoms with Crippen LogP contribution in [0.2, 0.25) is 0 Å².